The number of imidazole rings is 1. The quantitative estimate of drug-likeness (QED) is 0.688. The van der Waals surface area contributed by atoms with Gasteiger partial charge in [-0.3, -0.25) is 0 Å². The molecule has 0 aromatic carbocycles. The summed E-state index contributed by atoms with van der Waals surface area (Å²) in [4.78, 5) is 4.19. The Hall–Kier alpha value is -0.870. The molecule has 1 aromatic rings. The maximum Gasteiger partial charge on any atom is 0.0951 e. The van der Waals surface area contributed by atoms with Gasteiger partial charge < -0.3 is 14.6 Å². The first-order chi connectivity index (χ1) is 8.61. The summed E-state index contributed by atoms with van der Waals surface area (Å²) in [6, 6.07) is 0.471. The van der Waals surface area contributed by atoms with Crippen molar-refractivity contribution in [2.75, 3.05) is 19.8 Å². The van der Waals surface area contributed by atoms with Gasteiger partial charge in [0.1, 0.15) is 0 Å². The van der Waals surface area contributed by atoms with Crippen LogP contribution in [0.3, 0.4) is 0 Å². The van der Waals surface area contributed by atoms with E-state index in [-0.39, 0.29) is 0 Å². The Kier molecular flexibility index (Phi) is 6.98. The third-order valence-corrected chi connectivity index (χ3v) is 2.70. The number of hydrogen-bond donors (Lipinski definition) is 1. The number of aromatic nitrogens is 2. The molecule has 0 amide bonds. The van der Waals surface area contributed by atoms with Gasteiger partial charge in [-0.2, -0.15) is 0 Å². The molecule has 104 valence electrons. The van der Waals surface area contributed by atoms with E-state index in [2.05, 4.69) is 42.6 Å². The number of hydrogen-bond acceptors (Lipinski definition) is 3. The summed E-state index contributed by atoms with van der Waals surface area (Å²) in [7, 11) is 0. The molecule has 0 aliphatic rings. The van der Waals surface area contributed by atoms with Crippen LogP contribution in [0.25, 0.3) is 0 Å². The molecule has 1 heterocycles. The fourth-order valence-electron chi connectivity index (χ4n) is 1.77. The van der Waals surface area contributed by atoms with Gasteiger partial charge >= 0.3 is 0 Å². The highest BCUT2D eigenvalue weighted by molar-refractivity contribution is 4.99. The van der Waals surface area contributed by atoms with Gasteiger partial charge in [0.25, 0.3) is 0 Å². The molecule has 4 nitrogen and oxygen atoms in total. The molecule has 0 fully saturated rings. The van der Waals surface area contributed by atoms with E-state index in [1.165, 1.54) is 5.69 Å². The van der Waals surface area contributed by atoms with Crippen LogP contribution in [0.1, 0.15) is 45.9 Å². The molecule has 0 aliphatic heterocycles. The second-order valence-electron chi connectivity index (χ2n) is 5.39. The van der Waals surface area contributed by atoms with Crippen molar-refractivity contribution in [3.63, 3.8) is 0 Å². The summed E-state index contributed by atoms with van der Waals surface area (Å²) in [5.41, 5.74) is 1.24. The van der Waals surface area contributed by atoms with Crippen LogP contribution in [0.2, 0.25) is 0 Å². The first kappa shape index (κ1) is 15.2. The number of rotatable bonds is 9. The second-order valence-corrected chi connectivity index (χ2v) is 5.39. The second kappa shape index (κ2) is 8.27. The minimum atomic E-state index is 0.471. The van der Waals surface area contributed by atoms with E-state index in [0.717, 1.165) is 32.7 Å². The molecule has 0 bridgehead atoms. The van der Waals surface area contributed by atoms with E-state index >= 15 is 0 Å². The number of nitrogens with zero attached hydrogens (tertiary/aromatic N) is 2. The van der Waals surface area contributed by atoms with Gasteiger partial charge in [-0.15, -0.1) is 0 Å². The van der Waals surface area contributed by atoms with Gasteiger partial charge in [0.15, 0.2) is 0 Å². The first-order valence-corrected chi connectivity index (χ1v) is 6.90. The average Bonchev–Trinajstić information content (AvgIpc) is 2.75. The molecule has 0 atom stereocenters. The smallest absolute Gasteiger partial charge is 0.0951 e. The Balaban J connectivity index is 2.09. The van der Waals surface area contributed by atoms with Crippen molar-refractivity contribution in [3.8, 4) is 0 Å². The molecule has 1 rings (SSSR count). The van der Waals surface area contributed by atoms with Crippen LogP contribution in [-0.2, 0) is 11.3 Å². The minimum Gasteiger partial charge on any atom is -0.381 e. The van der Waals surface area contributed by atoms with Crippen LogP contribution >= 0.6 is 0 Å². The molecule has 4 heteroatoms. The van der Waals surface area contributed by atoms with Crippen molar-refractivity contribution in [2.24, 2.45) is 5.92 Å². The maximum atomic E-state index is 5.54. The van der Waals surface area contributed by atoms with Gasteiger partial charge in [-0.1, -0.05) is 13.8 Å². The Bertz CT molecular complexity index is 321. The van der Waals surface area contributed by atoms with Crippen LogP contribution in [-0.4, -0.2) is 29.3 Å². The highest BCUT2D eigenvalue weighted by Crippen LogP contribution is 2.08. The van der Waals surface area contributed by atoms with Crippen molar-refractivity contribution in [2.45, 2.75) is 46.7 Å². The zero-order valence-corrected chi connectivity index (χ0v) is 12.1. The standard InChI is InChI=1S/C14H27N3O/c1-12(2)10-18-7-5-6-15-8-14-9-16-11-17(14)13(3)4/h9,11-13,15H,5-8,10H2,1-4H3. The normalized spacial score (nSPS) is 11.7. The summed E-state index contributed by atoms with van der Waals surface area (Å²) < 4.78 is 7.73. The van der Waals surface area contributed by atoms with Crippen LogP contribution < -0.4 is 5.32 Å². The predicted octanol–water partition coefficient (Wildman–Crippen LogP) is 2.62. The Morgan fingerprint density at radius 3 is 2.78 bits per heavy atom. The summed E-state index contributed by atoms with van der Waals surface area (Å²) in [6.07, 6.45) is 4.89. The Labute approximate surface area is 111 Å². The molecule has 0 unspecified atom stereocenters. The molecule has 0 aliphatic carbocycles. The average molecular weight is 253 g/mol. The third kappa shape index (κ3) is 5.65. The lowest BCUT2D eigenvalue weighted by atomic mass is 10.2. The van der Waals surface area contributed by atoms with Crippen molar-refractivity contribution >= 4 is 0 Å². The molecule has 18 heavy (non-hydrogen) atoms. The molecule has 0 radical (unpaired) electrons. The van der Waals surface area contributed by atoms with Crippen molar-refractivity contribution in [3.05, 3.63) is 18.2 Å². The van der Waals surface area contributed by atoms with Crippen molar-refractivity contribution in [1.82, 2.24) is 14.9 Å². The van der Waals surface area contributed by atoms with Gasteiger partial charge in [-0.05, 0) is 32.7 Å². The molecule has 1 aromatic heterocycles. The zero-order valence-electron chi connectivity index (χ0n) is 12.1. The van der Waals surface area contributed by atoms with E-state index in [1.54, 1.807) is 0 Å². The molecular weight excluding hydrogens is 226 g/mol. The predicted molar refractivity (Wildman–Crippen MR) is 74.6 cm³/mol. The van der Waals surface area contributed by atoms with Crippen LogP contribution in [0.4, 0.5) is 0 Å². The summed E-state index contributed by atoms with van der Waals surface area (Å²) in [5, 5.41) is 3.43. The molecule has 0 saturated heterocycles. The topological polar surface area (TPSA) is 39.1 Å². The minimum absolute atomic E-state index is 0.471. The number of ether oxygens (including phenoxy) is 1. The van der Waals surface area contributed by atoms with E-state index in [9.17, 15) is 0 Å². The lowest BCUT2D eigenvalue weighted by Gasteiger charge is -2.12. The lowest BCUT2D eigenvalue weighted by Crippen LogP contribution is -2.19. The highest BCUT2D eigenvalue weighted by atomic mass is 16.5. The molecular formula is C14H27N3O. The van der Waals surface area contributed by atoms with Gasteiger partial charge in [-0.25, -0.2) is 4.98 Å². The van der Waals surface area contributed by atoms with Gasteiger partial charge in [0.2, 0.25) is 0 Å². The van der Waals surface area contributed by atoms with E-state index in [0.29, 0.717) is 12.0 Å². The van der Waals surface area contributed by atoms with Gasteiger partial charge in [0.05, 0.1) is 12.0 Å². The van der Waals surface area contributed by atoms with E-state index in [1.807, 2.05) is 12.5 Å². The van der Waals surface area contributed by atoms with Gasteiger partial charge in [0, 0.05) is 32.0 Å². The summed E-state index contributed by atoms with van der Waals surface area (Å²) in [6.45, 7) is 12.3. The molecule has 0 saturated carbocycles. The fourth-order valence-corrected chi connectivity index (χ4v) is 1.77. The molecule has 1 N–H and O–H groups in total. The van der Waals surface area contributed by atoms with E-state index in [4.69, 9.17) is 4.74 Å². The van der Waals surface area contributed by atoms with Crippen LogP contribution in [0.15, 0.2) is 12.5 Å². The first-order valence-electron chi connectivity index (χ1n) is 6.90. The Morgan fingerprint density at radius 2 is 2.11 bits per heavy atom. The monoisotopic (exact) mass is 253 g/mol. The molecule has 0 spiro atoms. The highest BCUT2D eigenvalue weighted by Gasteiger charge is 2.04. The van der Waals surface area contributed by atoms with E-state index < -0.39 is 0 Å². The summed E-state index contributed by atoms with van der Waals surface area (Å²) in [5.74, 6) is 0.623. The van der Waals surface area contributed by atoms with Crippen molar-refractivity contribution in [1.29, 1.82) is 0 Å². The SMILES string of the molecule is CC(C)COCCCNCc1cncn1C(C)C. The Morgan fingerprint density at radius 1 is 1.33 bits per heavy atom. The third-order valence-electron chi connectivity index (χ3n) is 2.70. The van der Waals surface area contributed by atoms with Crippen molar-refractivity contribution < 1.29 is 4.74 Å². The number of nitrogens with one attached hydrogen (secondary N) is 1. The fraction of sp³-hybridized carbons (Fsp3) is 0.786. The maximum absolute atomic E-state index is 5.54. The van der Waals surface area contributed by atoms with Crippen LogP contribution in [0.5, 0.6) is 0 Å². The summed E-state index contributed by atoms with van der Waals surface area (Å²) >= 11 is 0. The van der Waals surface area contributed by atoms with Crippen LogP contribution in [0, 0.1) is 5.92 Å². The lowest BCUT2D eigenvalue weighted by molar-refractivity contribution is 0.108. The zero-order chi connectivity index (χ0) is 13.4. The largest absolute Gasteiger partial charge is 0.381 e.